The van der Waals surface area contributed by atoms with Crippen molar-refractivity contribution in [3.05, 3.63) is 40.1 Å². The maximum atomic E-state index is 11.7. The van der Waals surface area contributed by atoms with E-state index in [2.05, 4.69) is 31.6 Å². The molecule has 0 aliphatic rings. The van der Waals surface area contributed by atoms with Gasteiger partial charge in [0, 0.05) is 19.6 Å². The molecule has 22 heavy (non-hydrogen) atoms. The predicted octanol–water partition coefficient (Wildman–Crippen LogP) is 0.980. The fraction of sp³-hybridized carbons (Fsp3) is 0.357. The number of rotatable bonds is 7. The number of benzene rings is 1. The van der Waals surface area contributed by atoms with Crippen molar-refractivity contribution in [3.8, 4) is 5.75 Å². The number of nitrogens with two attached hydrogens (primary N) is 1. The van der Waals surface area contributed by atoms with Crippen LogP contribution in [-0.2, 0) is 13.0 Å². The summed E-state index contributed by atoms with van der Waals surface area (Å²) in [5.74, 6) is 0.534. The average Bonchev–Trinajstić information content (AvgIpc) is 2.99. The van der Waals surface area contributed by atoms with Crippen LogP contribution in [0.4, 0.5) is 0 Å². The molecule has 0 radical (unpaired) electrons. The molecule has 7 nitrogen and oxygen atoms in total. The lowest BCUT2D eigenvalue weighted by atomic mass is 10.1. The Bertz CT molecular complexity index is 644. The average molecular weight is 368 g/mol. The number of aromatic nitrogens is 3. The van der Waals surface area contributed by atoms with E-state index in [4.69, 9.17) is 10.5 Å². The lowest BCUT2D eigenvalue weighted by molar-refractivity contribution is 0.0949. The monoisotopic (exact) mass is 367 g/mol. The van der Waals surface area contributed by atoms with Crippen molar-refractivity contribution in [1.82, 2.24) is 20.3 Å². The first-order valence-corrected chi connectivity index (χ1v) is 7.64. The number of carbonyl (C=O) groups is 1. The van der Waals surface area contributed by atoms with Gasteiger partial charge in [0.15, 0.2) is 5.69 Å². The van der Waals surface area contributed by atoms with E-state index < -0.39 is 0 Å². The summed E-state index contributed by atoms with van der Waals surface area (Å²) in [4.78, 5) is 11.7. The Kier molecular flexibility index (Phi) is 5.91. The Balaban J connectivity index is 1.93. The minimum absolute atomic E-state index is 0.260. The molecule has 1 amide bonds. The highest BCUT2D eigenvalue weighted by molar-refractivity contribution is 9.10. The second kappa shape index (κ2) is 7.90. The predicted molar refractivity (Wildman–Crippen MR) is 85.8 cm³/mol. The first-order chi connectivity index (χ1) is 10.6. The molecular formula is C14H18BrN5O2. The molecule has 0 saturated carbocycles. The van der Waals surface area contributed by atoms with Gasteiger partial charge in [-0.2, -0.15) is 0 Å². The number of amides is 1. The van der Waals surface area contributed by atoms with Crippen LogP contribution in [0.5, 0.6) is 5.75 Å². The van der Waals surface area contributed by atoms with Gasteiger partial charge >= 0.3 is 0 Å². The topological polar surface area (TPSA) is 95.1 Å². The van der Waals surface area contributed by atoms with Crippen LogP contribution >= 0.6 is 15.9 Å². The highest BCUT2D eigenvalue weighted by atomic mass is 79.9. The Morgan fingerprint density at radius 1 is 1.50 bits per heavy atom. The maximum absolute atomic E-state index is 11.7. The summed E-state index contributed by atoms with van der Waals surface area (Å²) < 4.78 is 7.76. The van der Waals surface area contributed by atoms with Crippen molar-refractivity contribution in [2.45, 2.75) is 13.0 Å². The van der Waals surface area contributed by atoms with E-state index >= 15 is 0 Å². The van der Waals surface area contributed by atoms with Crippen LogP contribution in [0.25, 0.3) is 0 Å². The van der Waals surface area contributed by atoms with Gasteiger partial charge in [0.05, 0.1) is 17.8 Å². The van der Waals surface area contributed by atoms with E-state index in [1.54, 1.807) is 18.0 Å². The van der Waals surface area contributed by atoms with Gasteiger partial charge in [0.25, 0.3) is 5.91 Å². The number of aryl methyl sites for hydroxylation is 2. The van der Waals surface area contributed by atoms with Gasteiger partial charge < -0.3 is 15.8 Å². The third-order valence-electron chi connectivity index (χ3n) is 3.05. The van der Waals surface area contributed by atoms with E-state index in [-0.39, 0.29) is 5.91 Å². The molecule has 1 heterocycles. The smallest absolute Gasteiger partial charge is 0.273 e. The Hall–Kier alpha value is -1.93. The van der Waals surface area contributed by atoms with E-state index in [1.807, 2.05) is 18.2 Å². The number of methoxy groups -OCH3 is 1. The van der Waals surface area contributed by atoms with Crippen LogP contribution in [0.3, 0.4) is 0 Å². The van der Waals surface area contributed by atoms with Crippen LogP contribution in [-0.4, -0.2) is 41.1 Å². The fourth-order valence-corrected chi connectivity index (χ4v) is 2.49. The summed E-state index contributed by atoms with van der Waals surface area (Å²) in [6, 6.07) is 5.91. The lowest BCUT2D eigenvalue weighted by Crippen LogP contribution is -2.29. The van der Waals surface area contributed by atoms with Gasteiger partial charge in [-0.25, -0.2) is 0 Å². The third kappa shape index (κ3) is 4.28. The van der Waals surface area contributed by atoms with Gasteiger partial charge in [-0.1, -0.05) is 11.3 Å². The van der Waals surface area contributed by atoms with Gasteiger partial charge in [0.1, 0.15) is 5.75 Å². The molecule has 2 aromatic rings. The Morgan fingerprint density at radius 2 is 2.32 bits per heavy atom. The van der Waals surface area contributed by atoms with Crippen molar-refractivity contribution >= 4 is 21.8 Å². The zero-order chi connectivity index (χ0) is 15.9. The molecule has 0 aliphatic heterocycles. The standard InChI is InChI=1S/C14H18BrN5O2/c1-22-13-3-2-10(8-11(13)15)4-7-20-9-12(18-19-20)14(21)17-6-5-16/h2-3,8-9H,4-7,16H2,1H3,(H,17,21). The number of nitrogens with zero attached hydrogens (tertiary/aromatic N) is 3. The number of halogens is 1. The minimum Gasteiger partial charge on any atom is -0.496 e. The van der Waals surface area contributed by atoms with E-state index in [9.17, 15) is 4.79 Å². The van der Waals surface area contributed by atoms with Crippen molar-refractivity contribution < 1.29 is 9.53 Å². The molecule has 0 bridgehead atoms. The number of nitrogens with one attached hydrogen (secondary N) is 1. The van der Waals surface area contributed by atoms with E-state index in [0.717, 1.165) is 22.2 Å². The highest BCUT2D eigenvalue weighted by Gasteiger charge is 2.10. The van der Waals surface area contributed by atoms with Crippen LogP contribution in [0, 0.1) is 0 Å². The SMILES string of the molecule is COc1ccc(CCn2cc(C(=O)NCCN)nn2)cc1Br. The molecule has 1 aromatic carbocycles. The summed E-state index contributed by atoms with van der Waals surface area (Å²) >= 11 is 3.46. The lowest BCUT2D eigenvalue weighted by Gasteiger charge is -2.06. The van der Waals surface area contributed by atoms with Crippen LogP contribution in [0.2, 0.25) is 0 Å². The van der Waals surface area contributed by atoms with Crippen molar-refractivity contribution in [2.24, 2.45) is 5.73 Å². The summed E-state index contributed by atoms with van der Waals surface area (Å²) in [6.45, 7) is 1.45. The van der Waals surface area contributed by atoms with Crippen LogP contribution in [0.1, 0.15) is 16.1 Å². The molecule has 0 fully saturated rings. The van der Waals surface area contributed by atoms with Crippen LogP contribution < -0.4 is 15.8 Å². The van der Waals surface area contributed by atoms with Crippen LogP contribution in [0.15, 0.2) is 28.9 Å². The molecular weight excluding hydrogens is 350 g/mol. The van der Waals surface area contributed by atoms with Crippen molar-refractivity contribution in [3.63, 3.8) is 0 Å². The molecule has 8 heteroatoms. The zero-order valence-corrected chi connectivity index (χ0v) is 13.8. The quantitative estimate of drug-likeness (QED) is 0.760. The summed E-state index contributed by atoms with van der Waals surface area (Å²) in [5.41, 5.74) is 6.77. The number of carbonyl (C=O) groups excluding carboxylic acids is 1. The fourth-order valence-electron chi connectivity index (χ4n) is 1.90. The van der Waals surface area contributed by atoms with E-state index in [0.29, 0.717) is 25.3 Å². The minimum atomic E-state index is -0.260. The highest BCUT2D eigenvalue weighted by Crippen LogP contribution is 2.25. The third-order valence-corrected chi connectivity index (χ3v) is 3.67. The van der Waals surface area contributed by atoms with Crippen molar-refractivity contribution in [1.29, 1.82) is 0 Å². The summed E-state index contributed by atoms with van der Waals surface area (Å²) in [6.07, 6.45) is 2.40. The van der Waals surface area contributed by atoms with Gasteiger partial charge in [-0.3, -0.25) is 9.48 Å². The molecule has 0 spiro atoms. The molecule has 1 aromatic heterocycles. The number of hydrogen-bond donors (Lipinski definition) is 2. The normalized spacial score (nSPS) is 10.5. The zero-order valence-electron chi connectivity index (χ0n) is 12.3. The van der Waals surface area contributed by atoms with Crippen molar-refractivity contribution in [2.75, 3.05) is 20.2 Å². The first-order valence-electron chi connectivity index (χ1n) is 6.85. The molecule has 118 valence electrons. The largest absolute Gasteiger partial charge is 0.496 e. The summed E-state index contributed by atoms with van der Waals surface area (Å²) in [5, 5.41) is 10.5. The van der Waals surface area contributed by atoms with E-state index in [1.165, 1.54) is 0 Å². The molecule has 0 atom stereocenters. The molecule has 0 unspecified atom stereocenters. The molecule has 3 N–H and O–H groups in total. The van der Waals surface area contributed by atoms with Gasteiger partial charge in [0.2, 0.25) is 0 Å². The second-order valence-corrected chi connectivity index (χ2v) is 5.48. The summed E-state index contributed by atoms with van der Waals surface area (Å²) in [7, 11) is 1.63. The second-order valence-electron chi connectivity index (χ2n) is 4.63. The first kappa shape index (κ1) is 16.4. The van der Waals surface area contributed by atoms with Gasteiger partial charge in [-0.15, -0.1) is 5.10 Å². The Labute approximate surface area is 137 Å². The molecule has 0 saturated heterocycles. The number of ether oxygens (including phenoxy) is 1. The number of hydrogen-bond acceptors (Lipinski definition) is 5. The molecule has 2 rings (SSSR count). The van der Waals surface area contributed by atoms with Gasteiger partial charge in [-0.05, 0) is 40.0 Å². The molecule has 0 aliphatic carbocycles. The maximum Gasteiger partial charge on any atom is 0.273 e. The Morgan fingerprint density at radius 3 is 3.00 bits per heavy atom.